The van der Waals surface area contributed by atoms with Crippen molar-refractivity contribution in [3.05, 3.63) is 49.2 Å². The van der Waals surface area contributed by atoms with Crippen LogP contribution in [-0.4, -0.2) is 7.05 Å². The zero-order valence-electron chi connectivity index (χ0n) is 6.35. The van der Waals surface area contributed by atoms with E-state index in [0.29, 0.717) is 0 Å². The van der Waals surface area contributed by atoms with Crippen LogP contribution < -0.4 is 5.32 Å². The lowest BCUT2D eigenvalue weighted by atomic mass is 10.2. The normalized spacial score (nSPS) is 7.70. The summed E-state index contributed by atoms with van der Waals surface area (Å²) in [5, 5.41) is 2.97. The summed E-state index contributed by atoms with van der Waals surface area (Å²) in [5.41, 5.74) is 1.92. The zero-order chi connectivity index (χ0) is 7.98. The molecule has 10 heavy (non-hydrogen) atoms. The van der Waals surface area contributed by atoms with Crippen molar-refractivity contribution in [2.24, 2.45) is 0 Å². The molecule has 0 aromatic carbocycles. The second-order valence-electron chi connectivity index (χ2n) is 1.73. The summed E-state index contributed by atoms with van der Waals surface area (Å²) in [6.07, 6.45) is 5.21. The fourth-order valence-corrected chi connectivity index (χ4v) is 0.667. The van der Waals surface area contributed by atoms with Crippen LogP contribution in [0.15, 0.2) is 49.2 Å². The highest BCUT2D eigenvalue weighted by atomic mass is 14.8. The molecule has 0 spiro atoms. The van der Waals surface area contributed by atoms with Crippen LogP contribution in [0.1, 0.15) is 0 Å². The summed E-state index contributed by atoms with van der Waals surface area (Å²) in [7, 11) is 1.84. The van der Waals surface area contributed by atoms with E-state index in [0.717, 1.165) is 11.3 Å². The fraction of sp³-hybridized carbons (Fsp3) is 0.111. The molecule has 0 saturated carbocycles. The SMILES string of the molecule is C=CC(C=C)=C(C=C)NC. The molecule has 0 radical (unpaired) electrons. The summed E-state index contributed by atoms with van der Waals surface area (Å²) in [6, 6.07) is 0. The highest BCUT2D eigenvalue weighted by molar-refractivity contribution is 5.37. The van der Waals surface area contributed by atoms with Crippen LogP contribution in [0.2, 0.25) is 0 Å². The molecule has 0 aromatic rings. The minimum Gasteiger partial charge on any atom is -0.388 e. The van der Waals surface area contributed by atoms with Gasteiger partial charge < -0.3 is 5.32 Å². The molecule has 0 aliphatic rings. The van der Waals surface area contributed by atoms with Gasteiger partial charge in [0, 0.05) is 12.7 Å². The van der Waals surface area contributed by atoms with E-state index in [4.69, 9.17) is 0 Å². The molecule has 1 heteroatoms. The Morgan fingerprint density at radius 1 is 1.10 bits per heavy atom. The van der Waals surface area contributed by atoms with Crippen molar-refractivity contribution in [2.75, 3.05) is 7.05 Å². The Balaban J connectivity index is 4.67. The van der Waals surface area contributed by atoms with Gasteiger partial charge in [0.2, 0.25) is 0 Å². The van der Waals surface area contributed by atoms with Crippen LogP contribution in [0.3, 0.4) is 0 Å². The molecule has 0 unspecified atom stereocenters. The lowest BCUT2D eigenvalue weighted by Gasteiger charge is -2.02. The molecule has 0 aliphatic carbocycles. The van der Waals surface area contributed by atoms with Crippen molar-refractivity contribution in [1.29, 1.82) is 0 Å². The van der Waals surface area contributed by atoms with Crippen LogP contribution >= 0.6 is 0 Å². The second-order valence-corrected chi connectivity index (χ2v) is 1.73. The van der Waals surface area contributed by atoms with Gasteiger partial charge in [-0.2, -0.15) is 0 Å². The molecular weight excluding hydrogens is 122 g/mol. The molecular formula is C9H13N. The Morgan fingerprint density at radius 3 is 1.70 bits per heavy atom. The zero-order valence-corrected chi connectivity index (χ0v) is 6.35. The molecule has 0 rings (SSSR count). The maximum absolute atomic E-state index is 3.63. The molecule has 0 aromatic heterocycles. The summed E-state index contributed by atoms with van der Waals surface area (Å²) in [6.45, 7) is 10.9. The van der Waals surface area contributed by atoms with Gasteiger partial charge in [0.25, 0.3) is 0 Å². The summed E-state index contributed by atoms with van der Waals surface area (Å²) < 4.78 is 0. The smallest absolute Gasteiger partial charge is 0.0404 e. The molecule has 0 saturated heterocycles. The minimum absolute atomic E-state index is 0.949. The van der Waals surface area contributed by atoms with E-state index in [1.165, 1.54) is 0 Å². The average molecular weight is 135 g/mol. The van der Waals surface area contributed by atoms with E-state index in [-0.39, 0.29) is 0 Å². The van der Waals surface area contributed by atoms with Crippen LogP contribution in [0.5, 0.6) is 0 Å². The molecule has 1 N–H and O–H groups in total. The first-order chi connectivity index (χ1) is 4.79. The summed E-state index contributed by atoms with van der Waals surface area (Å²) in [5.74, 6) is 0. The Kier molecular flexibility index (Phi) is 4.05. The largest absolute Gasteiger partial charge is 0.388 e. The third-order valence-electron chi connectivity index (χ3n) is 1.22. The summed E-state index contributed by atoms with van der Waals surface area (Å²) >= 11 is 0. The number of allylic oxidation sites excluding steroid dienone is 4. The monoisotopic (exact) mass is 135 g/mol. The van der Waals surface area contributed by atoms with Gasteiger partial charge in [0.05, 0.1) is 0 Å². The van der Waals surface area contributed by atoms with Gasteiger partial charge in [0.1, 0.15) is 0 Å². The first-order valence-corrected chi connectivity index (χ1v) is 3.09. The molecule has 1 nitrogen and oxygen atoms in total. The number of nitrogens with one attached hydrogen (secondary N) is 1. The predicted molar refractivity (Wildman–Crippen MR) is 46.7 cm³/mol. The van der Waals surface area contributed by atoms with Crippen LogP contribution in [0.25, 0.3) is 0 Å². The number of hydrogen-bond donors (Lipinski definition) is 1. The highest BCUT2D eigenvalue weighted by Crippen LogP contribution is 2.03. The van der Waals surface area contributed by atoms with E-state index in [1.54, 1.807) is 18.2 Å². The van der Waals surface area contributed by atoms with E-state index in [1.807, 2.05) is 7.05 Å². The van der Waals surface area contributed by atoms with E-state index < -0.39 is 0 Å². The van der Waals surface area contributed by atoms with Gasteiger partial charge in [0.15, 0.2) is 0 Å². The van der Waals surface area contributed by atoms with Gasteiger partial charge in [-0.1, -0.05) is 31.9 Å². The first kappa shape index (κ1) is 8.76. The molecule has 0 amide bonds. The van der Waals surface area contributed by atoms with Gasteiger partial charge in [-0.3, -0.25) is 0 Å². The molecule has 0 atom stereocenters. The van der Waals surface area contributed by atoms with Crippen molar-refractivity contribution in [1.82, 2.24) is 5.32 Å². The van der Waals surface area contributed by atoms with Crippen molar-refractivity contribution < 1.29 is 0 Å². The van der Waals surface area contributed by atoms with Gasteiger partial charge in [-0.15, -0.1) is 0 Å². The third kappa shape index (κ3) is 1.94. The highest BCUT2D eigenvalue weighted by Gasteiger charge is 1.90. The summed E-state index contributed by atoms with van der Waals surface area (Å²) in [4.78, 5) is 0. The maximum Gasteiger partial charge on any atom is 0.0404 e. The first-order valence-electron chi connectivity index (χ1n) is 3.09. The fourth-order valence-electron chi connectivity index (χ4n) is 0.667. The number of likely N-dealkylation sites (N-methyl/N-ethyl adjacent to an activating group) is 1. The molecule has 0 aliphatic heterocycles. The topological polar surface area (TPSA) is 12.0 Å². The molecule has 0 bridgehead atoms. The Labute approximate surface area is 62.5 Å². The average Bonchev–Trinajstić information content (AvgIpc) is 2.00. The maximum atomic E-state index is 3.63. The van der Waals surface area contributed by atoms with E-state index >= 15 is 0 Å². The molecule has 54 valence electrons. The Morgan fingerprint density at radius 2 is 1.60 bits per heavy atom. The van der Waals surface area contributed by atoms with Crippen molar-refractivity contribution in [3.8, 4) is 0 Å². The third-order valence-corrected chi connectivity index (χ3v) is 1.22. The van der Waals surface area contributed by atoms with Crippen LogP contribution in [0, 0.1) is 0 Å². The standard InChI is InChI=1S/C9H13N/c1-5-8(6-2)9(7-3)10-4/h5-7,10H,1-3H2,4H3. The lowest BCUT2D eigenvalue weighted by molar-refractivity contribution is 1.02. The molecule has 0 heterocycles. The number of hydrogen-bond acceptors (Lipinski definition) is 1. The van der Waals surface area contributed by atoms with E-state index in [2.05, 4.69) is 25.1 Å². The van der Waals surface area contributed by atoms with Crippen molar-refractivity contribution >= 4 is 0 Å². The van der Waals surface area contributed by atoms with Crippen LogP contribution in [0.4, 0.5) is 0 Å². The van der Waals surface area contributed by atoms with Crippen molar-refractivity contribution in [2.45, 2.75) is 0 Å². The minimum atomic E-state index is 0.949. The Bertz CT molecular complexity index is 165. The molecule has 0 fully saturated rings. The second kappa shape index (κ2) is 4.62. The number of rotatable bonds is 4. The lowest BCUT2D eigenvalue weighted by Crippen LogP contribution is -2.04. The Hall–Kier alpha value is -1.24. The quantitative estimate of drug-likeness (QED) is 0.581. The van der Waals surface area contributed by atoms with Crippen LogP contribution in [-0.2, 0) is 0 Å². The predicted octanol–water partition coefficient (Wildman–Crippen LogP) is 2.02. The van der Waals surface area contributed by atoms with Gasteiger partial charge in [-0.05, 0) is 11.6 Å². The van der Waals surface area contributed by atoms with Crippen molar-refractivity contribution in [3.63, 3.8) is 0 Å². The van der Waals surface area contributed by atoms with E-state index in [9.17, 15) is 0 Å². The van der Waals surface area contributed by atoms with Gasteiger partial charge in [-0.25, -0.2) is 0 Å². The van der Waals surface area contributed by atoms with Gasteiger partial charge >= 0.3 is 0 Å².